The zero-order chi connectivity index (χ0) is 19.1. The van der Waals surface area contributed by atoms with E-state index < -0.39 is 11.6 Å². The minimum Gasteiger partial charge on any atom is -0.340 e. The van der Waals surface area contributed by atoms with Gasteiger partial charge in [0.15, 0.2) is 11.6 Å². The number of hydrogen-bond acceptors (Lipinski definition) is 4. The van der Waals surface area contributed by atoms with Crippen LogP contribution in [0.15, 0.2) is 59.8 Å². The lowest BCUT2D eigenvalue weighted by Gasteiger charge is -2.21. The van der Waals surface area contributed by atoms with Crippen molar-refractivity contribution in [2.75, 3.05) is 0 Å². The molecule has 7 heteroatoms. The van der Waals surface area contributed by atoms with Crippen molar-refractivity contribution >= 4 is 17.1 Å². The highest BCUT2D eigenvalue weighted by Crippen LogP contribution is 2.25. The van der Waals surface area contributed by atoms with Crippen LogP contribution in [-0.2, 0) is 13.1 Å². The molecule has 0 saturated carbocycles. The molecule has 1 aliphatic heterocycles. The predicted octanol–water partition coefficient (Wildman–Crippen LogP) is 4.25. The third-order valence-electron chi connectivity index (χ3n) is 4.73. The summed E-state index contributed by atoms with van der Waals surface area (Å²) in [5.74, 6) is -1.51. The summed E-state index contributed by atoms with van der Waals surface area (Å²) in [6, 6.07) is 14.1. The van der Waals surface area contributed by atoms with E-state index in [1.807, 2.05) is 29.3 Å². The molecule has 0 spiro atoms. The van der Waals surface area contributed by atoms with Gasteiger partial charge in [-0.25, -0.2) is 13.8 Å². The second kappa shape index (κ2) is 6.53. The van der Waals surface area contributed by atoms with Gasteiger partial charge in [0.25, 0.3) is 0 Å². The van der Waals surface area contributed by atoms with Crippen LogP contribution in [0, 0.1) is 11.6 Å². The zero-order valence-corrected chi connectivity index (χ0v) is 14.7. The second-order valence-electron chi connectivity index (χ2n) is 6.65. The molecule has 0 radical (unpaired) electrons. The quantitative estimate of drug-likeness (QED) is 0.582. The number of rotatable bonds is 3. The second-order valence-corrected chi connectivity index (χ2v) is 6.65. The number of fused-ring (bicyclic) bond motifs is 2. The van der Waals surface area contributed by atoms with E-state index in [1.165, 1.54) is 12.1 Å². The smallest absolute Gasteiger partial charge is 0.169 e. The molecule has 138 valence electrons. The molecule has 2 aromatic carbocycles. The Labute approximate surface area is 159 Å². The number of aromatic amines is 1. The van der Waals surface area contributed by atoms with Gasteiger partial charge in [-0.3, -0.25) is 9.99 Å². The first-order valence-electron chi connectivity index (χ1n) is 8.83. The Morgan fingerprint density at radius 1 is 1.07 bits per heavy atom. The Bertz CT molecular complexity index is 1210. The van der Waals surface area contributed by atoms with E-state index in [-0.39, 0.29) is 5.56 Å². The van der Waals surface area contributed by atoms with Crippen LogP contribution in [-0.4, -0.2) is 26.2 Å². The van der Waals surface area contributed by atoms with Crippen molar-refractivity contribution < 1.29 is 8.78 Å². The first-order valence-corrected chi connectivity index (χ1v) is 8.83. The molecular formula is C21H15F2N5. The first-order chi connectivity index (χ1) is 13.7. The third kappa shape index (κ3) is 2.90. The van der Waals surface area contributed by atoms with Gasteiger partial charge < -0.3 is 4.98 Å². The predicted molar refractivity (Wildman–Crippen MR) is 103 cm³/mol. The topological polar surface area (TPSA) is 57.2 Å². The third-order valence-corrected chi connectivity index (χ3v) is 4.73. The molecule has 28 heavy (non-hydrogen) atoms. The molecule has 1 aliphatic rings. The number of imidazole rings is 1. The Hall–Kier alpha value is -3.61. The van der Waals surface area contributed by atoms with E-state index in [0.717, 1.165) is 28.2 Å². The van der Waals surface area contributed by atoms with Crippen molar-refractivity contribution in [3.05, 3.63) is 83.3 Å². The number of pyridine rings is 1. The summed E-state index contributed by atoms with van der Waals surface area (Å²) >= 11 is 0. The van der Waals surface area contributed by atoms with Crippen LogP contribution in [0.5, 0.6) is 0 Å². The number of nitrogens with one attached hydrogen (secondary N) is 1. The molecule has 0 aliphatic carbocycles. The van der Waals surface area contributed by atoms with E-state index in [4.69, 9.17) is 0 Å². The van der Waals surface area contributed by atoms with Crippen molar-refractivity contribution in [1.29, 1.82) is 0 Å². The fourth-order valence-electron chi connectivity index (χ4n) is 3.35. The van der Waals surface area contributed by atoms with E-state index in [1.54, 1.807) is 12.4 Å². The van der Waals surface area contributed by atoms with Gasteiger partial charge in [0, 0.05) is 11.6 Å². The average Bonchev–Trinajstić information content (AvgIpc) is 3.13. The monoisotopic (exact) mass is 375 g/mol. The lowest BCUT2D eigenvalue weighted by molar-refractivity contribution is 0.265. The van der Waals surface area contributed by atoms with Gasteiger partial charge in [-0.2, -0.15) is 5.10 Å². The van der Waals surface area contributed by atoms with E-state index in [0.29, 0.717) is 24.6 Å². The molecule has 4 aromatic rings. The van der Waals surface area contributed by atoms with Crippen LogP contribution in [0.1, 0.15) is 17.0 Å². The van der Waals surface area contributed by atoms with Crippen LogP contribution >= 0.6 is 0 Å². The first kappa shape index (κ1) is 16.6. The zero-order valence-electron chi connectivity index (χ0n) is 14.7. The van der Waals surface area contributed by atoms with Gasteiger partial charge in [0.2, 0.25) is 0 Å². The van der Waals surface area contributed by atoms with Crippen LogP contribution < -0.4 is 0 Å². The molecule has 3 heterocycles. The largest absolute Gasteiger partial charge is 0.340 e. The van der Waals surface area contributed by atoms with Gasteiger partial charge in [-0.1, -0.05) is 18.2 Å². The summed E-state index contributed by atoms with van der Waals surface area (Å²) in [5, 5.41) is 7.40. The fourth-order valence-corrected chi connectivity index (χ4v) is 3.35. The van der Waals surface area contributed by atoms with E-state index in [2.05, 4.69) is 26.1 Å². The van der Waals surface area contributed by atoms with Gasteiger partial charge in [-0.05, 0) is 35.9 Å². The molecule has 5 rings (SSSR count). The van der Waals surface area contributed by atoms with Crippen LogP contribution in [0.25, 0.3) is 22.3 Å². The Morgan fingerprint density at radius 3 is 2.93 bits per heavy atom. The SMILES string of the molecule is Fc1cccc(-c2nc3c([nH]2)CN(Cc2ccc4ncccc4c2)N=C3)c1F. The normalized spacial score (nSPS) is 13.1. The van der Waals surface area contributed by atoms with Crippen LogP contribution in [0.3, 0.4) is 0 Å². The maximum Gasteiger partial charge on any atom is 0.169 e. The van der Waals surface area contributed by atoms with Gasteiger partial charge in [0.1, 0.15) is 11.5 Å². The summed E-state index contributed by atoms with van der Waals surface area (Å²) in [6.07, 6.45) is 3.41. The molecule has 2 aromatic heterocycles. The lowest BCUT2D eigenvalue weighted by atomic mass is 10.1. The van der Waals surface area contributed by atoms with Crippen molar-refractivity contribution in [1.82, 2.24) is 20.0 Å². The van der Waals surface area contributed by atoms with E-state index in [9.17, 15) is 8.78 Å². The number of halogens is 2. The maximum atomic E-state index is 14.1. The van der Waals surface area contributed by atoms with Crippen molar-refractivity contribution in [3.63, 3.8) is 0 Å². The van der Waals surface area contributed by atoms with E-state index >= 15 is 0 Å². The summed E-state index contributed by atoms with van der Waals surface area (Å²) < 4.78 is 27.6. The molecule has 0 bridgehead atoms. The molecule has 5 nitrogen and oxygen atoms in total. The van der Waals surface area contributed by atoms with Crippen molar-refractivity contribution in [2.45, 2.75) is 13.1 Å². The molecule has 1 N–H and O–H groups in total. The lowest BCUT2D eigenvalue weighted by Crippen LogP contribution is -2.21. The number of hydrogen-bond donors (Lipinski definition) is 1. The number of hydrazone groups is 1. The minimum absolute atomic E-state index is 0.108. The minimum atomic E-state index is -0.910. The molecule has 0 unspecified atom stereocenters. The van der Waals surface area contributed by atoms with Crippen LogP contribution in [0.4, 0.5) is 8.78 Å². The Morgan fingerprint density at radius 2 is 2.00 bits per heavy atom. The van der Waals surface area contributed by atoms with Gasteiger partial charge >= 0.3 is 0 Å². The molecule has 0 atom stereocenters. The van der Waals surface area contributed by atoms with Gasteiger partial charge in [0.05, 0.1) is 36.1 Å². The summed E-state index contributed by atoms with van der Waals surface area (Å²) in [7, 11) is 0. The number of aromatic nitrogens is 3. The number of benzene rings is 2. The summed E-state index contributed by atoms with van der Waals surface area (Å²) in [5.41, 5.74) is 3.62. The molecule has 0 amide bonds. The van der Waals surface area contributed by atoms with Gasteiger partial charge in [-0.15, -0.1) is 0 Å². The standard InChI is InChI=1S/C21H15F2N5/c22-16-5-1-4-15(20(16)23)21-26-18-10-25-28(12-19(18)27-21)11-13-6-7-17-14(9-13)3-2-8-24-17/h1-10H,11-12H2,(H,26,27). The van der Waals surface area contributed by atoms with Crippen molar-refractivity contribution in [2.24, 2.45) is 5.10 Å². The van der Waals surface area contributed by atoms with Crippen LogP contribution in [0.2, 0.25) is 0 Å². The molecular weight excluding hydrogens is 360 g/mol. The number of H-pyrrole nitrogens is 1. The number of nitrogens with zero attached hydrogens (tertiary/aromatic N) is 4. The maximum absolute atomic E-state index is 14.1. The molecule has 0 saturated heterocycles. The highest BCUT2D eigenvalue weighted by atomic mass is 19.2. The summed E-state index contributed by atoms with van der Waals surface area (Å²) in [4.78, 5) is 11.8. The average molecular weight is 375 g/mol. The Kier molecular flexibility index (Phi) is 3.86. The fraction of sp³-hybridized carbons (Fsp3) is 0.0952. The summed E-state index contributed by atoms with van der Waals surface area (Å²) in [6.45, 7) is 1.12. The van der Waals surface area contributed by atoms with Crippen molar-refractivity contribution in [3.8, 4) is 11.4 Å². The molecule has 0 fully saturated rings. The highest BCUT2D eigenvalue weighted by Gasteiger charge is 2.20. The highest BCUT2D eigenvalue weighted by molar-refractivity contribution is 5.81. The Balaban J connectivity index is 1.39.